The van der Waals surface area contributed by atoms with Gasteiger partial charge in [0.05, 0.1) is 32.4 Å². The van der Waals surface area contributed by atoms with E-state index in [2.05, 4.69) is 20.3 Å². The molecule has 0 bridgehead atoms. The number of hydrogen-bond acceptors (Lipinski definition) is 8. The second-order valence-corrected chi connectivity index (χ2v) is 13.9. The second kappa shape index (κ2) is 7.81. The molecule has 1 N–H and O–H groups in total. The van der Waals surface area contributed by atoms with Gasteiger partial charge in [0.25, 0.3) is 5.91 Å². The first kappa shape index (κ1) is 24.7. The molecule has 2 saturated heterocycles. The molecule has 8 rings (SSSR count). The minimum absolute atomic E-state index is 0.138. The molecule has 5 atom stereocenters. The summed E-state index contributed by atoms with van der Waals surface area (Å²) in [5.74, 6) is 0.613. The van der Waals surface area contributed by atoms with Gasteiger partial charge in [0.1, 0.15) is 11.2 Å². The van der Waals surface area contributed by atoms with Gasteiger partial charge in [-0.05, 0) is 62.5 Å². The number of halogens is 3. The predicted molar refractivity (Wildman–Crippen MR) is 142 cm³/mol. The Bertz CT molecular complexity index is 1570. The van der Waals surface area contributed by atoms with Gasteiger partial charge in [-0.2, -0.15) is 13.2 Å². The largest absolute Gasteiger partial charge is 0.403 e. The van der Waals surface area contributed by atoms with Crippen molar-refractivity contribution < 1.29 is 22.8 Å². The van der Waals surface area contributed by atoms with Crippen LogP contribution >= 0.6 is 22.7 Å². The summed E-state index contributed by atoms with van der Waals surface area (Å²) in [7, 11) is 0. The number of pyridine rings is 1. The van der Waals surface area contributed by atoms with Gasteiger partial charge in [-0.15, -0.1) is 22.7 Å². The second-order valence-electron chi connectivity index (χ2n) is 11.8. The summed E-state index contributed by atoms with van der Waals surface area (Å²) in [5.41, 5.74) is -0.511. The number of anilines is 2. The molecule has 208 valence electrons. The Morgan fingerprint density at radius 3 is 2.48 bits per heavy atom. The summed E-state index contributed by atoms with van der Waals surface area (Å²) >= 11 is 3.06. The fraction of sp³-hybridized carbons (Fsp3) is 0.519. The maximum Gasteiger partial charge on any atom is 0.403 e. The van der Waals surface area contributed by atoms with Crippen molar-refractivity contribution >= 4 is 45.4 Å². The molecule has 2 amide bonds. The van der Waals surface area contributed by atoms with E-state index in [1.54, 1.807) is 23.5 Å². The Hall–Kier alpha value is -3.06. The molecule has 40 heavy (non-hydrogen) atoms. The standard InChI is InChI=1S/C27H25F3N6O2S2/c1-12-21(40-13(2)32-12)17-10-39-24(33-17)34-18-4-3-14(7-31-18)22(37)36-9-16-15-8-35(11-26(36)19(15)20(16)26)23(38)25(5-6-25)27(28,29)30/h3-4,7,10,15-16,19-20H,5-6,8-9,11H2,1-2H3,(H,31,33,34)/t15-,16+,19-,20?,26-/m0/s1. The Morgan fingerprint density at radius 2 is 1.85 bits per heavy atom. The number of rotatable bonds is 5. The van der Waals surface area contributed by atoms with Crippen LogP contribution in [-0.2, 0) is 4.79 Å². The van der Waals surface area contributed by atoms with Gasteiger partial charge in [-0.25, -0.2) is 15.0 Å². The van der Waals surface area contributed by atoms with Crippen molar-refractivity contribution in [3.8, 4) is 10.6 Å². The van der Waals surface area contributed by atoms with Crippen LogP contribution in [0, 0.1) is 42.9 Å². The number of likely N-dealkylation sites (tertiary alicyclic amines) is 2. The Balaban J connectivity index is 0.975. The average Bonchev–Trinajstić information content (AvgIpc) is 3.71. The number of nitrogens with zero attached hydrogens (tertiary/aromatic N) is 5. The van der Waals surface area contributed by atoms with Crippen LogP contribution in [0.5, 0.6) is 0 Å². The van der Waals surface area contributed by atoms with Gasteiger partial charge >= 0.3 is 6.18 Å². The molecule has 0 aromatic carbocycles. The van der Waals surface area contributed by atoms with Crippen LogP contribution in [0.25, 0.3) is 10.6 Å². The molecule has 13 heteroatoms. The smallest absolute Gasteiger partial charge is 0.339 e. The first-order chi connectivity index (χ1) is 19.0. The summed E-state index contributed by atoms with van der Waals surface area (Å²) in [6.45, 7) is 5.11. The number of piperidine rings is 3. The van der Waals surface area contributed by atoms with Crippen LogP contribution in [0.15, 0.2) is 23.7 Å². The molecule has 5 aliphatic rings. The quantitative estimate of drug-likeness (QED) is 0.458. The highest BCUT2D eigenvalue weighted by Gasteiger charge is 2.88. The Labute approximate surface area is 235 Å². The summed E-state index contributed by atoms with van der Waals surface area (Å²) in [4.78, 5) is 44.5. The Morgan fingerprint density at radius 1 is 1.10 bits per heavy atom. The van der Waals surface area contributed by atoms with Crippen molar-refractivity contribution in [2.45, 2.75) is 38.4 Å². The van der Waals surface area contributed by atoms with Crippen LogP contribution in [-0.4, -0.2) is 67.9 Å². The third-order valence-corrected chi connectivity index (χ3v) is 11.6. The molecule has 5 fully saturated rings. The lowest BCUT2D eigenvalue weighted by Crippen LogP contribution is -2.61. The van der Waals surface area contributed by atoms with E-state index in [-0.39, 0.29) is 37.1 Å². The van der Waals surface area contributed by atoms with E-state index in [9.17, 15) is 22.8 Å². The number of aromatic nitrogens is 3. The van der Waals surface area contributed by atoms with E-state index in [1.165, 1.54) is 22.4 Å². The first-order valence-corrected chi connectivity index (χ1v) is 15.0. The number of amides is 2. The molecule has 3 aliphatic carbocycles. The number of alkyl halides is 3. The Kier molecular flexibility index (Phi) is 4.83. The highest BCUT2D eigenvalue weighted by atomic mass is 32.1. The number of fused-ring (bicyclic) bond motifs is 1. The fourth-order valence-corrected chi connectivity index (χ4v) is 9.51. The summed E-state index contributed by atoms with van der Waals surface area (Å²) in [6.07, 6.45) is -3.27. The topological polar surface area (TPSA) is 91.3 Å². The average molecular weight is 587 g/mol. The van der Waals surface area contributed by atoms with Gasteiger partial charge in [0.2, 0.25) is 5.91 Å². The molecule has 0 radical (unpaired) electrons. The van der Waals surface area contributed by atoms with Crippen LogP contribution in [0.3, 0.4) is 0 Å². The van der Waals surface area contributed by atoms with E-state index in [0.717, 1.165) is 21.3 Å². The van der Waals surface area contributed by atoms with Crippen molar-refractivity contribution in [2.75, 3.05) is 25.0 Å². The van der Waals surface area contributed by atoms with Gasteiger partial charge in [0, 0.05) is 31.2 Å². The van der Waals surface area contributed by atoms with Crippen molar-refractivity contribution in [1.82, 2.24) is 24.8 Å². The lowest BCUT2D eigenvalue weighted by molar-refractivity contribution is -0.200. The molecule has 1 unspecified atom stereocenters. The molecule has 5 heterocycles. The van der Waals surface area contributed by atoms with Crippen molar-refractivity contribution in [3.63, 3.8) is 0 Å². The molecular weight excluding hydrogens is 561 g/mol. The van der Waals surface area contributed by atoms with Gasteiger partial charge in [-0.3, -0.25) is 9.59 Å². The van der Waals surface area contributed by atoms with E-state index < -0.39 is 23.0 Å². The number of carbonyl (C=O) groups is 2. The number of hydrogen-bond donors (Lipinski definition) is 1. The maximum atomic E-state index is 13.7. The molecule has 8 nitrogen and oxygen atoms in total. The predicted octanol–water partition coefficient (Wildman–Crippen LogP) is 4.89. The van der Waals surface area contributed by atoms with Gasteiger partial charge < -0.3 is 15.1 Å². The fourth-order valence-electron chi connectivity index (χ4n) is 7.84. The van der Waals surface area contributed by atoms with Crippen LogP contribution in [0.1, 0.15) is 33.9 Å². The van der Waals surface area contributed by atoms with Crippen molar-refractivity contribution in [2.24, 2.45) is 29.1 Å². The zero-order valence-corrected chi connectivity index (χ0v) is 23.3. The molecule has 3 aromatic rings. The van der Waals surface area contributed by atoms with E-state index in [0.29, 0.717) is 41.4 Å². The van der Waals surface area contributed by atoms with E-state index in [4.69, 9.17) is 0 Å². The first-order valence-electron chi connectivity index (χ1n) is 13.3. The molecular formula is C27H25F3N6O2S2. The van der Waals surface area contributed by atoms with Gasteiger partial charge in [0.15, 0.2) is 5.13 Å². The third kappa shape index (κ3) is 3.16. The number of thiazole rings is 2. The highest BCUT2D eigenvalue weighted by Crippen LogP contribution is 2.79. The van der Waals surface area contributed by atoms with E-state index in [1.807, 2.05) is 24.1 Å². The zero-order chi connectivity index (χ0) is 27.8. The maximum absolute atomic E-state index is 13.7. The molecule has 3 saturated carbocycles. The lowest BCUT2D eigenvalue weighted by Gasteiger charge is -2.49. The number of aryl methyl sites for hydroxylation is 2. The van der Waals surface area contributed by atoms with Crippen LogP contribution in [0.2, 0.25) is 0 Å². The normalized spacial score (nSPS) is 30.5. The minimum Gasteiger partial charge on any atom is -0.339 e. The minimum atomic E-state index is -4.53. The van der Waals surface area contributed by atoms with Crippen molar-refractivity contribution in [3.05, 3.63) is 40.0 Å². The van der Waals surface area contributed by atoms with Gasteiger partial charge in [-0.1, -0.05) is 0 Å². The van der Waals surface area contributed by atoms with Crippen molar-refractivity contribution in [1.29, 1.82) is 0 Å². The molecule has 3 aromatic heterocycles. The summed E-state index contributed by atoms with van der Waals surface area (Å²) < 4.78 is 41.0. The van der Waals surface area contributed by atoms with E-state index >= 15 is 0 Å². The monoisotopic (exact) mass is 586 g/mol. The zero-order valence-electron chi connectivity index (χ0n) is 21.7. The molecule has 1 spiro atoms. The lowest BCUT2D eigenvalue weighted by atomic mass is 9.72. The molecule has 2 aliphatic heterocycles. The summed E-state index contributed by atoms with van der Waals surface area (Å²) in [6, 6.07) is 3.45. The number of nitrogens with one attached hydrogen (secondary N) is 1. The van der Waals surface area contributed by atoms with Crippen LogP contribution < -0.4 is 5.32 Å². The summed E-state index contributed by atoms with van der Waals surface area (Å²) in [5, 5.41) is 6.82. The SMILES string of the molecule is Cc1nc(C)c(-c2csc(Nc3ccc(C(=O)N4C[C@H]5C6[C@@H]7[C@H]5CN(C(=O)C5(C(F)(F)F)CC5)C[C@@]674)cn3)n2)s1. The third-order valence-electron chi connectivity index (χ3n) is 9.80. The highest BCUT2D eigenvalue weighted by molar-refractivity contribution is 7.16. The number of carbonyl (C=O) groups excluding carboxylic acids is 2. The van der Waals surface area contributed by atoms with Crippen LogP contribution in [0.4, 0.5) is 24.1 Å².